The van der Waals surface area contributed by atoms with Gasteiger partial charge in [0, 0.05) is 16.7 Å². The van der Waals surface area contributed by atoms with Crippen LogP contribution in [0.25, 0.3) is 10.8 Å². The molecule has 2 nitrogen and oxygen atoms in total. The average Bonchev–Trinajstić information content (AvgIpc) is 2.53. The monoisotopic (exact) mass is 341 g/mol. The van der Waals surface area contributed by atoms with E-state index in [9.17, 15) is 0 Å². The number of hydrogen-bond donors (Lipinski definition) is 1. The Kier molecular flexibility index (Phi) is 4.11. The molecule has 3 rings (SSSR count). The molecule has 106 valence electrons. The third-order valence-electron chi connectivity index (χ3n) is 3.43. The zero-order chi connectivity index (χ0) is 14.7. The molecule has 0 heterocycles. The fourth-order valence-electron chi connectivity index (χ4n) is 2.31. The number of rotatable bonds is 4. The number of ether oxygens (including phenoxy) is 1. The molecule has 1 N–H and O–H groups in total. The summed E-state index contributed by atoms with van der Waals surface area (Å²) in [6.45, 7) is 0.777. The molecule has 0 fully saturated rings. The first kappa shape index (κ1) is 14.0. The van der Waals surface area contributed by atoms with Crippen LogP contribution < -0.4 is 10.1 Å². The van der Waals surface area contributed by atoms with Gasteiger partial charge in [0.05, 0.1) is 7.11 Å². The lowest BCUT2D eigenvalue weighted by Crippen LogP contribution is -1.99. The Labute approximate surface area is 132 Å². The maximum absolute atomic E-state index is 5.24. The lowest BCUT2D eigenvalue weighted by molar-refractivity contribution is 0.414. The maximum Gasteiger partial charge on any atom is 0.119 e. The predicted molar refractivity (Wildman–Crippen MR) is 92.0 cm³/mol. The van der Waals surface area contributed by atoms with Crippen molar-refractivity contribution in [2.45, 2.75) is 6.54 Å². The summed E-state index contributed by atoms with van der Waals surface area (Å²) in [7, 11) is 1.69. The summed E-state index contributed by atoms with van der Waals surface area (Å²) < 4.78 is 6.35. The lowest BCUT2D eigenvalue weighted by atomic mass is 10.1. The summed E-state index contributed by atoms with van der Waals surface area (Å²) in [4.78, 5) is 0. The third kappa shape index (κ3) is 3.37. The Morgan fingerprint density at radius 2 is 1.76 bits per heavy atom. The summed E-state index contributed by atoms with van der Waals surface area (Å²) in [5.74, 6) is 0.887. The molecule has 0 bridgehead atoms. The SMILES string of the molecule is COc1cccc(CNc2ccc3cc(Br)ccc3c2)c1. The van der Waals surface area contributed by atoms with Crippen LogP contribution in [0, 0.1) is 0 Å². The second kappa shape index (κ2) is 6.19. The number of halogens is 1. The van der Waals surface area contributed by atoms with Gasteiger partial charge in [-0.1, -0.05) is 40.2 Å². The molecule has 0 unspecified atom stereocenters. The van der Waals surface area contributed by atoms with E-state index in [1.165, 1.54) is 16.3 Å². The number of hydrogen-bond acceptors (Lipinski definition) is 2. The largest absolute Gasteiger partial charge is 0.497 e. The normalized spacial score (nSPS) is 10.6. The van der Waals surface area contributed by atoms with E-state index < -0.39 is 0 Å². The molecule has 3 aromatic carbocycles. The van der Waals surface area contributed by atoms with Crippen LogP contribution in [-0.4, -0.2) is 7.11 Å². The van der Waals surface area contributed by atoms with Crippen LogP contribution in [0.4, 0.5) is 5.69 Å². The summed E-state index contributed by atoms with van der Waals surface area (Å²) in [5, 5.41) is 5.91. The number of fused-ring (bicyclic) bond motifs is 1. The van der Waals surface area contributed by atoms with Crippen LogP contribution >= 0.6 is 15.9 Å². The molecule has 0 radical (unpaired) electrons. The van der Waals surface area contributed by atoms with Gasteiger partial charge in [0.1, 0.15) is 5.75 Å². The second-order valence-corrected chi connectivity index (χ2v) is 5.83. The van der Waals surface area contributed by atoms with Crippen LogP contribution in [0.3, 0.4) is 0 Å². The quantitative estimate of drug-likeness (QED) is 0.702. The van der Waals surface area contributed by atoms with Crippen molar-refractivity contribution in [2.24, 2.45) is 0 Å². The third-order valence-corrected chi connectivity index (χ3v) is 3.93. The molecule has 3 heteroatoms. The first-order valence-corrected chi connectivity index (χ1v) is 7.60. The summed E-state index contributed by atoms with van der Waals surface area (Å²) in [5.41, 5.74) is 2.32. The van der Waals surface area contributed by atoms with Crippen molar-refractivity contribution in [1.82, 2.24) is 0 Å². The van der Waals surface area contributed by atoms with Crippen molar-refractivity contribution < 1.29 is 4.74 Å². The number of methoxy groups -OCH3 is 1. The minimum atomic E-state index is 0.777. The lowest BCUT2D eigenvalue weighted by Gasteiger charge is -2.09. The van der Waals surface area contributed by atoms with Crippen LogP contribution in [0.1, 0.15) is 5.56 Å². The Hall–Kier alpha value is -2.00. The van der Waals surface area contributed by atoms with Gasteiger partial charge < -0.3 is 10.1 Å². The number of benzene rings is 3. The van der Waals surface area contributed by atoms with Crippen LogP contribution in [-0.2, 0) is 6.54 Å². The standard InChI is InChI=1S/C18H16BrNO/c1-21-18-4-2-3-13(9-18)12-20-17-8-6-14-10-16(19)7-5-15(14)11-17/h2-11,20H,12H2,1H3. The van der Waals surface area contributed by atoms with Gasteiger partial charge in [-0.25, -0.2) is 0 Å². The highest BCUT2D eigenvalue weighted by atomic mass is 79.9. The first-order valence-electron chi connectivity index (χ1n) is 6.81. The Morgan fingerprint density at radius 3 is 2.62 bits per heavy atom. The molecule has 0 aliphatic carbocycles. The van der Waals surface area contributed by atoms with Gasteiger partial charge in [-0.3, -0.25) is 0 Å². The molecule has 0 aliphatic rings. The van der Waals surface area contributed by atoms with Gasteiger partial charge >= 0.3 is 0 Å². The molecule has 0 saturated heterocycles. The highest BCUT2D eigenvalue weighted by Gasteiger charge is 1.99. The highest BCUT2D eigenvalue weighted by Crippen LogP contribution is 2.23. The topological polar surface area (TPSA) is 21.3 Å². The second-order valence-electron chi connectivity index (χ2n) is 4.91. The fourth-order valence-corrected chi connectivity index (χ4v) is 2.69. The molecule has 0 aromatic heterocycles. The van der Waals surface area contributed by atoms with E-state index in [0.29, 0.717) is 0 Å². The Bertz CT molecular complexity index is 770. The molecule has 0 saturated carbocycles. The minimum Gasteiger partial charge on any atom is -0.497 e. The van der Waals surface area contributed by atoms with Crippen molar-refractivity contribution >= 4 is 32.4 Å². The molecule has 0 atom stereocenters. The summed E-state index contributed by atoms with van der Waals surface area (Å²) in [6.07, 6.45) is 0. The van der Waals surface area contributed by atoms with Crippen molar-refractivity contribution in [3.05, 3.63) is 70.7 Å². The fraction of sp³-hybridized carbons (Fsp3) is 0.111. The van der Waals surface area contributed by atoms with Crippen LogP contribution in [0.5, 0.6) is 5.75 Å². The molecule has 0 amide bonds. The highest BCUT2D eigenvalue weighted by molar-refractivity contribution is 9.10. The zero-order valence-corrected chi connectivity index (χ0v) is 13.4. The van der Waals surface area contributed by atoms with Crippen molar-refractivity contribution in [2.75, 3.05) is 12.4 Å². The van der Waals surface area contributed by atoms with Crippen LogP contribution in [0.2, 0.25) is 0 Å². The molecular weight excluding hydrogens is 326 g/mol. The molecule has 3 aromatic rings. The van der Waals surface area contributed by atoms with E-state index in [1.54, 1.807) is 7.11 Å². The Morgan fingerprint density at radius 1 is 0.952 bits per heavy atom. The van der Waals surface area contributed by atoms with Gasteiger partial charge in [-0.2, -0.15) is 0 Å². The summed E-state index contributed by atoms with van der Waals surface area (Å²) >= 11 is 3.50. The van der Waals surface area contributed by atoms with E-state index in [2.05, 4.69) is 63.7 Å². The molecule has 0 spiro atoms. The number of nitrogens with one attached hydrogen (secondary N) is 1. The van der Waals surface area contributed by atoms with E-state index in [1.807, 2.05) is 18.2 Å². The zero-order valence-electron chi connectivity index (χ0n) is 11.8. The van der Waals surface area contributed by atoms with E-state index >= 15 is 0 Å². The smallest absolute Gasteiger partial charge is 0.119 e. The van der Waals surface area contributed by atoms with E-state index in [-0.39, 0.29) is 0 Å². The van der Waals surface area contributed by atoms with Crippen molar-refractivity contribution in [3.8, 4) is 5.75 Å². The van der Waals surface area contributed by atoms with Gasteiger partial charge in [0.15, 0.2) is 0 Å². The molecule has 0 aliphatic heterocycles. The van der Waals surface area contributed by atoms with Crippen molar-refractivity contribution in [1.29, 1.82) is 0 Å². The van der Waals surface area contributed by atoms with E-state index in [0.717, 1.165) is 22.5 Å². The van der Waals surface area contributed by atoms with Crippen molar-refractivity contribution in [3.63, 3.8) is 0 Å². The Balaban J connectivity index is 1.77. The average molecular weight is 342 g/mol. The van der Waals surface area contributed by atoms with Gasteiger partial charge in [0.2, 0.25) is 0 Å². The van der Waals surface area contributed by atoms with Gasteiger partial charge in [0.25, 0.3) is 0 Å². The van der Waals surface area contributed by atoms with E-state index in [4.69, 9.17) is 4.74 Å². The van der Waals surface area contributed by atoms with Gasteiger partial charge in [-0.15, -0.1) is 0 Å². The molecular formula is C18H16BrNO. The minimum absolute atomic E-state index is 0.777. The maximum atomic E-state index is 5.24. The summed E-state index contributed by atoms with van der Waals surface area (Å²) in [6, 6.07) is 20.8. The van der Waals surface area contributed by atoms with Crippen LogP contribution in [0.15, 0.2) is 65.1 Å². The molecule has 21 heavy (non-hydrogen) atoms. The predicted octanol–water partition coefficient (Wildman–Crippen LogP) is 5.22. The first-order chi connectivity index (χ1) is 10.2. The number of anilines is 1. The van der Waals surface area contributed by atoms with Gasteiger partial charge in [-0.05, 0) is 52.7 Å².